The summed E-state index contributed by atoms with van der Waals surface area (Å²) in [5, 5.41) is 4.35. The second-order valence-electron chi connectivity index (χ2n) is 2.52. The van der Waals surface area contributed by atoms with E-state index in [0.29, 0.717) is 23.2 Å². The monoisotopic (exact) mass is 219 g/mol. The van der Waals surface area contributed by atoms with Crippen LogP contribution in [0, 0.1) is 0 Å². The van der Waals surface area contributed by atoms with E-state index in [2.05, 4.69) is 5.32 Å². The van der Waals surface area contributed by atoms with Crippen LogP contribution in [0.5, 0.6) is 0 Å². The van der Waals surface area contributed by atoms with E-state index in [1.54, 1.807) is 19.2 Å². The third-order valence-electron chi connectivity index (χ3n) is 1.57. The van der Waals surface area contributed by atoms with Crippen LogP contribution in [-0.2, 0) is 4.74 Å². The molecule has 1 aromatic carbocycles. The van der Waals surface area contributed by atoms with Crippen molar-refractivity contribution in [1.29, 1.82) is 0 Å². The van der Waals surface area contributed by atoms with Crippen molar-refractivity contribution in [3.05, 3.63) is 28.2 Å². The summed E-state index contributed by atoms with van der Waals surface area (Å²) >= 11 is 11.8. The van der Waals surface area contributed by atoms with Gasteiger partial charge in [-0.3, -0.25) is 0 Å². The smallest absolute Gasteiger partial charge is 0.0719 e. The summed E-state index contributed by atoms with van der Waals surface area (Å²) < 4.78 is 4.89. The van der Waals surface area contributed by atoms with Gasteiger partial charge in [0.1, 0.15) is 0 Å². The number of anilines is 1. The fourth-order valence-corrected chi connectivity index (χ4v) is 1.48. The summed E-state index contributed by atoms with van der Waals surface area (Å²) in [6, 6.07) is 5.40. The Kier molecular flexibility index (Phi) is 4.36. The van der Waals surface area contributed by atoms with Gasteiger partial charge in [-0.15, -0.1) is 0 Å². The minimum Gasteiger partial charge on any atom is -0.383 e. The zero-order chi connectivity index (χ0) is 9.68. The van der Waals surface area contributed by atoms with Crippen LogP contribution in [0.2, 0.25) is 10.0 Å². The quantitative estimate of drug-likeness (QED) is 0.787. The Morgan fingerprint density at radius 1 is 1.31 bits per heavy atom. The predicted octanol–water partition coefficient (Wildman–Crippen LogP) is 3.05. The summed E-state index contributed by atoms with van der Waals surface area (Å²) in [5.74, 6) is 0. The molecule has 0 bridgehead atoms. The lowest BCUT2D eigenvalue weighted by Crippen LogP contribution is -2.08. The van der Waals surface area contributed by atoms with Gasteiger partial charge >= 0.3 is 0 Å². The van der Waals surface area contributed by atoms with Gasteiger partial charge in [0.15, 0.2) is 0 Å². The second kappa shape index (κ2) is 5.32. The first kappa shape index (κ1) is 10.6. The number of benzene rings is 1. The van der Waals surface area contributed by atoms with Crippen molar-refractivity contribution in [2.45, 2.75) is 0 Å². The lowest BCUT2D eigenvalue weighted by atomic mass is 10.3. The molecule has 0 radical (unpaired) electrons. The van der Waals surface area contributed by atoms with Crippen LogP contribution in [0.15, 0.2) is 18.2 Å². The van der Waals surface area contributed by atoms with Crippen LogP contribution in [0.1, 0.15) is 0 Å². The van der Waals surface area contributed by atoms with Crippen LogP contribution in [0.3, 0.4) is 0 Å². The van der Waals surface area contributed by atoms with Crippen LogP contribution < -0.4 is 5.32 Å². The Bertz CT molecular complexity index is 258. The van der Waals surface area contributed by atoms with E-state index >= 15 is 0 Å². The molecule has 0 unspecified atom stereocenters. The number of ether oxygens (including phenoxy) is 1. The minimum absolute atomic E-state index is 0.627. The molecule has 2 nitrogen and oxygen atoms in total. The maximum atomic E-state index is 5.92. The molecule has 0 aliphatic rings. The predicted molar refractivity (Wildman–Crippen MR) is 56.8 cm³/mol. The highest BCUT2D eigenvalue weighted by atomic mass is 35.5. The van der Waals surface area contributed by atoms with Crippen LogP contribution in [0.25, 0.3) is 0 Å². The number of hydrogen-bond donors (Lipinski definition) is 1. The zero-order valence-electron chi connectivity index (χ0n) is 7.31. The Morgan fingerprint density at radius 3 is 2.46 bits per heavy atom. The van der Waals surface area contributed by atoms with Gasteiger partial charge in [0, 0.05) is 13.7 Å². The minimum atomic E-state index is 0.627. The van der Waals surface area contributed by atoms with Crippen molar-refractivity contribution in [2.75, 3.05) is 25.6 Å². The highest BCUT2D eigenvalue weighted by molar-refractivity contribution is 6.39. The van der Waals surface area contributed by atoms with Gasteiger partial charge in [-0.1, -0.05) is 29.3 Å². The van der Waals surface area contributed by atoms with Gasteiger partial charge in [-0.25, -0.2) is 0 Å². The molecule has 0 spiro atoms. The standard InChI is InChI=1S/C9H11Cl2NO/c1-13-6-5-12-9-7(10)3-2-4-8(9)11/h2-4,12H,5-6H2,1H3. The lowest BCUT2D eigenvalue weighted by molar-refractivity contribution is 0.211. The normalized spacial score (nSPS) is 10.1. The fourth-order valence-electron chi connectivity index (χ4n) is 0.945. The maximum absolute atomic E-state index is 5.92. The third-order valence-corrected chi connectivity index (χ3v) is 2.20. The Hall–Kier alpha value is -0.440. The summed E-state index contributed by atoms with van der Waals surface area (Å²) in [6.45, 7) is 1.32. The van der Waals surface area contributed by atoms with Crippen molar-refractivity contribution in [2.24, 2.45) is 0 Å². The Balaban J connectivity index is 2.64. The molecule has 0 saturated heterocycles. The number of hydrogen-bond acceptors (Lipinski definition) is 2. The number of nitrogens with one attached hydrogen (secondary N) is 1. The molecular formula is C9H11Cl2NO. The summed E-state index contributed by atoms with van der Waals surface area (Å²) in [7, 11) is 1.65. The first-order valence-corrected chi connectivity index (χ1v) is 4.68. The van der Waals surface area contributed by atoms with Gasteiger partial charge < -0.3 is 10.1 Å². The number of halogens is 2. The SMILES string of the molecule is COCCNc1c(Cl)cccc1Cl. The fraction of sp³-hybridized carbons (Fsp3) is 0.333. The van der Waals surface area contributed by atoms with Gasteiger partial charge in [0.2, 0.25) is 0 Å². The van der Waals surface area contributed by atoms with E-state index in [1.165, 1.54) is 0 Å². The molecule has 1 aromatic rings. The summed E-state index contributed by atoms with van der Waals surface area (Å²) in [6.07, 6.45) is 0. The molecule has 0 atom stereocenters. The molecule has 0 heterocycles. The number of rotatable bonds is 4. The van der Waals surface area contributed by atoms with Crippen LogP contribution in [-0.4, -0.2) is 20.3 Å². The van der Waals surface area contributed by atoms with Crippen LogP contribution >= 0.6 is 23.2 Å². The van der Waals surface area contributed by atoms with Gasteiger partial charge in [0.05, 0.1) is 22.3 Å². The van der Waals surface area contributed by atoms with Gasteiger partial charge in [-0.2, -0.15) is 0 Å². The van der Waals surface area contributed by atoms with E-state index in [0.717, 1.165) is 5.69 Å². The highest BCUT2D eigenvalue weighted by Crippen LogP contribution is 2.29. The van der Waals surface area contributed by atoms with E-state index in [4.69, 9.17) is 27.9 Å². The van der Waals surface area contributed by atoms with Crippen molar-refractivity contribution < 1.29 is 4.74 Å². The number of methoxy groups -OCH3 is 1. The average molecular weight is 220 g/mol. The first-order valence-electron chi connectivity index (χ1n) is 3.92. The molecule has 0 aliphatic carbocycles. The third kappa shape index (κ3) is 3.07. The molecular weight excluding hydrogens is 209 g/mol. The summed E-state index contributed by atoms with van der Waals surface area (Å²) in [4.78, 5) is 0. The molecule has 13 heavy (non-hydrogen) atoms. The second-order valence-corrected chi connectivity index (χ2v) is 3.33. The van der Waals surface area contributed by atoms with E-state index in [-0.39, 0.29) is 0 Å². The molecule has 0 saturated carbocycles. The van der Waals surface area contributed by atoms with Crippen molar-refractivity contribution in [1.82, 2.24) is 0 Å². The Morgan fingerprint density at radius 2 is 1.92 bits per heavy atom. The topological polar surface area (TPSA) is 21.3 Å². The first-order chi connectivity index (χ1) is 6.25. The van der Waals surface area contributed by atoms with E-state index < -0.39 is 0 Å². The Labute approximate surface area is 87.8 Å². The van der Waals surface area contributed by atoms with Crippen molar-refractivity contribution in [3.8, 4) is 0 Å². The molecule has 0 fully saturated rings. The van der Waals surface area contributed by atoms with E-state index in [9.17, 15) is 0 Å². The lowest BCUT2D eigenvalue weighted by Gasteiger charge is -2.09. The van der Waals surface area contributed by atoms with Crippen LogP contribution in [0.4, 0.5) is 5.69 Å². The van der Waals surface area contributed by atoms with E-state index in [1.807, 2.05) is 6.07 Å². The molecule has 4 heteroatoms. The number of para-hydroxylation sites is 1. The average Bonchev–Trinajstić information content (AvgIpc) is 2.10. The molecule has 1 N–H and O–H groups in total. The maximum Gasteiger partial charge on any atom is 0.0719 e. The highest BCUT2D eigenvalue weighted by Gasteiger charge is 2.02. The largest absolute Gasteiger partial charge is 0.383 e. The van der Waals surface area contributed by atoms with Gasteiger partial charge in [-0.05, 0) is 12.1 Å². The molecule has 0 amide bonds. The van der Waals surface area contributed by atoms with Crippen molar-refractivity contribution in [3.63, 3.8) is 0 Å². The summed E-state index contributed by atoms with van der Waals surface area (Å²) in [5.41, 5.74) is 0.767. The van der Waals surface area contributed by atoms with Crippen molar-refractivity contribution >= 4 is 28.9 Å². The molecule has 0 aliphatic heterocycles. The molecule has 0 aromatic heterocycles. The molecule has 72 valence electrons. The van der Waals surface area contributed by atoms with Gasteiger partial charge in [0.25, 0.3) is 0 Å². The zero-order valence-corrected chi connectivity index (χ0v) is 8.82. The molecule has 1 rings (SSSR count).